The van der Waals surface area contributed by atoms with Gasteiger partial charge in [0.05, 0.1) is 11.5 Å². The molecule has 1 rings (SSSR count). The summed E-state index contributed by atoms with van der Waals surface area (Å²) in [4.78, 5) is 12.6. The van der Waals surface area contributed by atoms with Gasteiger partial charge in [-0.3, -0.25) is 10.1 Å². The lowest BCUT2D eigenvalue weighted by Crippen LogP contribution is -1.90. The lowest BCUT2D eigenvalue weighted by Gasteiger charge is -1.97. The zero-order valence-corrected chi connectivity index (χ0v) is 8.54. The minimum absolute atomic E-state index is 0.00122. The second-order valence-corrected chi connectivity index (χ2v) is 2.95. The summed E-state index contributed by atoms with van der Waals surface area (Å²) in [5.41, 5.74) is 9.45. The van der Waals surface area contributed by atoms with Crippen molar-refractivity contribution in [1.29, 1.82) is 0 Å². The highest BCUT2D eigenvalue weighted by Crippen LogP contribution is 2.16. The average Bonchev–Trinajstić information content (AvgIpc) is 2.26. The monoisotopic (exact) mass is 216 g/mol. The molecule has 0 N–H and O–H groups in total. The minimum Gasteiger partial charge on any atom is -0.258 e. The third-order valence-corrected chi connectivity index (χ3v) is 1.87. The van der Waals surface area contributed by atoms with Gasteiger partial charge in [0, 0.05) is 22.6 Å². The first-order valence-electron chi connectivity index (χ1n) is 4.40. The van der Waals surface area contributed by atoms with Gasteiger partial charge < -0.3 is 0 Å². The summed E-state index contributed by atoms with van der Waals surface area (Å²) in [7, 11) is 0. The third-order valence-electron chi connectivity index (χ3n) is 1.87. The molecule has 0 unspecified atom stereocenters. The normalized spacial score (nSPS) is 8.56. The minimum atomic E-state index is -0.474. The first-order chi connectivity index (χ1) is 7.65. The van der Waals surface area contributed by atoms with E-state index in [1.165, 1.54) is 12.1 Å². The molecule has 1 aromatic rings. The van der Waals surface area contributed by atoms with E-state index >= 15 is 0 Å². The topological polar surface area (TPSA) is 91.9 Å². The molecule has 0 heterocycles. The van der Waals surface area contributed by atoms with Gasteiger partial charge in [0.15, 0.2) is 0 Å². The van der Waals surface area contributed by atoms with Crippen LogP contribution in [0.3, 0.4) is 0 Å². The Balaban J connectivity index is 3.01. The molecule has 0 amide bonds. The molecule has 0 atom stereocenters. The summed E-state index contributed by atoms with van der Waals surface area (Å²) < 4.78 is 0. The van der Waals surface area contributed by atoms with Crippen molar-refractivity contribution in [2.24, 2.45) is 5.11 Å². The smallest absolute Gasteiger partial charge is 0.258 e. The Morgan fingerprint density at radius 3 is 3.00 bits per heavy atom. The maximum absolute atomic E-state index is 10.5. The predicted molar refractivity (Wildman–Crippen MR) is 58.7 cm³/mol. The molecule has 0 radical (unpaired) electrons. The van der Waals surface area contributed by atoms with Gasteiger partial charge in [-0.2, -0.15) is 0 Å². The van der Waals surface area contributed by atoms with E-state index in [4.69, 9.17) is 5.53 Å². The van der Waals surface area contributed by atoms with Crippen molar-refractivity contribution in [3.63, 3.8) is 0 Å². The van der Waals surface area contributed by atoms with Crippen molar-refractivity contribution in [3.8, 4) is 11.8 Å². The van der Waals surface area contributed by atoms with E-state index in [1.807, 2.05) is 0 Å². The van der Waals surface area contributed by atoms with Crippen LogP contribution in [0.2, 0.25) is 0 Å². The number of rotatable bonds is 2. The molecule has 1 aromatic carbocycles. The molecule has 6 nitrogen and oxygen atoms in total. The zero-order valence-electron chi connectivity index (χ0n) is 8.54. The summed E-state index contributed by atoms with van der Waals surface area (Å²) in [6.07, 6.45) is 0. The molecule has 16 heavy (non-hydrogen) atoms. The van der Waals surface area contributed by atoms with E-state index in [0.29, 0.717) is 5.56 Å². The summed E-state index contributed by atoms with van der Waals surface area (Å²) in [6, 6.07) is 4.46. The highest BCUT2D eigenvalue weighted by atomic mass is 16.6. The van der Waals surface area contributed by atoms with Crippen molar-refractivity contribution >= 4 is 5.69 Å². The Labute approximate surface area is 91.7 Å². The number of non-ortho nitro benzene ring substituents is 1. The Morgan fingerprint density at radius 2 is 2.38 bits per heavy atom. The molecule has 80 valence electrons. The predicted octanol–water partition coefficient (Wildman–Crippen LogP) is 2.57. The van der Waals surface area contributed by atoms with Gasteiger partial charge in [-0.15, -0.1) is 0 Å². The molecule has 0 aliphatic carbocycles. The van der Waals surface area contributed by atoms with Gasteiger partial charge in [0.2, 0.25) is 0 Å². The Bertz CT molecular complexity index is 521. The Morgan fingerprint density at radius 1 is 1.62 bits per heavy atom. The van der Waals surface area contributed by atoms with Gasteiger partial charge in [-0.05, 0) is 18.0 Å². The first kappa shape index (κ1) is 11.6. The summed E-state index contributed by atoms with van der Waals surface area (Å²) >= 11 is 0. The number of nitrogens with zero attached hydrogens (tertiary/aromatic N) is 4. The SMILES string of the molecule is Cc1ccc([N+](=O)[O-])cc1C#CCN=[N+]=[N-]. The van der Waals surface area contributed by atoms with Crippen molar-refractivity contribution in [2.75, 3.05) is 6.54 Å². The van der Waals surface area contributed by atoms with Gasteiger partial charge in [0.25, 0.3) is 5.69 Å². The highest BCUT2D eigenvalue weighted by molar-refractivity contribution is 5.48. The molecule has 0 saturated heterocycles. The number of hydrogen-bond acceptors (Lipinski definition) is 3. The van der Waals surface area contributed by atoms with Crippen LogP contribution in [0.15, 0.2) is 23.3 Å². The number of benzene rings is 1. The van der Waals surface area contributed by atoms with Gasteiger partial charge in [0.1, 0.15) is 0 Å². The lowest BCUT2D eigenvalue weighted by molar-refractivity contribution is -0.384. The van der Waals surface area contributed by atoms with Crippen LogP contribution in [-0.2, 0) is 0 Å². The molecule has 0 bridgehead atoms. The van der Waals surface area contributed by atoms with Crippen molar-refractivity contribution < 1.29 is 4.92 Å². The zero-order chi connectivity index (χ0) is 12.0. The van der Waals surface area contributed by atoms with Crippen molar-refractivity contribution in [1.82, 2.24) is 0 Å². The van der Waals surface area contributed by atoms with Crippen LogP contribution < -0.4 is 0 Å². The van der Waals surface area contributed by atoms with E-state index in [9.17, 15) is 10.1 Å². The quantitative estimate of drug-likeness (QED) is 0.190. The molecule has 6 heteroatoms. The van der Waals surface area contributed by atoms with Gasteiger partial charge in [-0.25, -0.2) is 0 Å². The molecule has 0 fully saturated rings. The Kier molecular flexibility index (Phi) is 3.90. The van der Waals surface area contributed by atoms with Gasteiger partial charge in [-0.1, -0.05) is 23.0 Å². The number of azide groups is 1. The summed E-state index contributed by atoms with van der Waals surface area (Å²) in [5, 5.41) is 13.8. The van der Waals surface area contributed by atoms with Crippen LogP contribution in [0.25, 0.3) is 10.4 Å². The number of nitro benzene ring substituents is 1. The Hall–Kier alpha value is -2.51. The van der Waals surface area contributed by atoms with Crippen LogP contribution in [0.4, 0.5) is 5.69 Å². The maximum atomic E-state index is 10.5. The lowest BCUT2D eigenvalue weighted by atomic mass is 10.1. The van der Waals surface area contributed by atoms with E-state index in [2.05, 4.69) is 21.9 Å². The molecular weight excluding hydrogens is 208 g/mol. The number of hydrogen-bond donors (Lipinski definition) is 0. The number of nitro groups is 1. The van der Waals surface area contributed by atoms with E-state index in [0.717, 1.165) is 5.56 Å². The molecule has 0 aromatic heterocycles. The van der Waals surface area contributed by atoms with E-state index < -0.39 is 4.92 Å². The van der Waals surface area contributed by atoms with Crippen LogP contribution >= 0.6 is 0 Å². The standard InChI is InChI=1S/C10H8N4O2/c1-8-4-5-10(14(15)16)7-9(8)3-2-6-12-13-11/h4-5,7H,6H2,1H3. The number of aryl methyl sites for hydroxylation is 1. The van der Waals surface area contributed by atoms with Crippen LogP contribution in [0, 0.1) is 28.9 Å². The third kappa shape index (κ3) is 3.01. The van der Waals surface area contributed by atoms with Crippen LogP contribution in [0.5, 0.6) is 0 Å². The molecule has 0 spiro atoms. The second kappa shape index (κ2) is 5.39. The fourth-order valence-corrected chi connectivity index (χ4v) is 1.06. The van der Waals surface area contributed by atoms with Crippen molar-refractivity contribution in [3.05, 3.63) is 49.9 Å². The van der Waals surface area contributed by atoms with Crippen LogP contribution in [-0.4, -0.2) is 11.5 Å². The molecular formula is C10H8N4O2. The highest BCUT2D eigenvalue weighted by Gasteiger charge is 2.06. The summed E-state index contributed by atoms with van der Waals surface area (Å²) in [5.74, 6) is 5.34. The molecule has 0 aliphatic rings. The van der Waals surface area contributed by atoms with E-state index in [1.54, 1.807) is 13.0 Å². The van der Waals surface area contributed by atoms with E-state index in [-0.39, 0.29) is 12.2 Å². The largest absolute Gasteiger partial charge is 0.270 e. The average molecular weight is 216 g/mol. The second-order valence-electron chi connectivity index (χ2n) is 2.95. The van der Waals surface area contributed by atoms with Gasteiger partial charge >= 0.3 is 0 Å². The molecule has 0 saturated carbocycles. The van der Waals surface area contributed by atoms with Crippen molar-refractivity contribution in [2.45, 2.75) is 6.92 Å². The fourth-order valence-electron chi connectivity index (χ4n) is 1.06. The first-order valence-corrected chi connectivity index (χ1v) is 4.40. The molecule has 0 aliphatic heterocycles. The summed E-state index contributed by atoms with van der Waals surface area (Å²) in [6.45, 7) is 1.86. The van der Waals surface area contributed by atoms with Crippen LogP contribution in [0.1, 0.15) is 11.1 Å². The maximum Gasteiger partial charge on any atom is 0.270 e. The fraction of sp³-hybridized carbons (Fsp3) is 0.200.